The van der Waals surface area contributed by atoms with E-state index in [4.69, 9.17) is 9.88 Å². The highest BCUT2D eigenvalue weighted by Crippen LogP contribution is 2.15. The van der Waals surface area contributed by atoms with Gasteiger partial charge in [-0.3, -0.25) is 0 Å². The van der Waals surface area contributed by atoms with Gasteiger partial charge in [-0.25, -0.2) is 18.4 Å². The lowest BCUT2D eigenvalue weighted by Gasteiger charge is -2.10. The van der Waals surface area contributed by atoms with Crippen molar-refractivity contribution in [2.75, 3.05) is 0 Å². The fourth-order valence-corrected chi connectivity index (χ4v) is 1.89. The molecule has 1 aromatic carbocycles. The molecule has 0 fully saturated rings. The van der Waals surface area contributed by atoms with Gasteiger partial charge in [-0.05, 0) is 26.0 Å². The number of primary sulfonamides is 1. The summed E-state index contributed by atoms with van der Waals surface area (Å²) in [7, 11) is -3.92. The Bertz CT molecular complexity index is 493. The Hall–Kier alpha value is -1.40. The molecule has 0 aromatic heterocycles. The van der Waals surface area contributed by atoms with Crippen molar-refractivity contribution in [1.82, 2.24) is 0 Å². The van der Waals surface area contributed by atoms with Crippen LogP contribution in [0, 0.1) is 0 Å². The van der Waals surface area contributed by atoms with E-state index in [1.54, 1.807) is 19.9 Å². The van der Waals surface area contributed by atoms with Crippen LogP contribution in [0.5, 0.6) is 0 Å². The van der Waals surface area contributed by atoms with Crippen LogP contribution in [0.2, 0.25) is 0 Å². The molecule has 5 nitrogen and oxygen atoms in total. The monoisotopic (exact) mass is 243 g/mol. The number of carbonyl (C=O) groups excluding carboxylic acids is 1. The molecule has 1 aromatic rings. The molecule has 0 amide bonds. The van der Waals surface area contributed by atoms with Gasteiger partial charge in [-0.15, -0.1) is 0 Å². The summed E-state index contributed by atoms with van der Waals surface area (Å²) < 4.78 is 27.3. The fraction of sp³-hybridized carbons (Fsp3) is 0.300. The van der Waals surface area contributed by atoms with E-state index in [0.717, 1.165) is 0 Å². The number of carbonyl (C=O) groups is 1. The lowest BCUT2D eigenvalue weighted by Crippen LogP contribution is -2.19. The Labute approximate surface area is 94.3 Å². The fourth-order valence-electron chi connectivity index (χ4n) is 1.16. The Morgan fingerprint density at radius 3 is 2.38 bits per heavy atom. The van der Waals surface area contributed by atoms with Gasteiger partial charge in [-0.2, -0.15) is 0 Å². The average molecular weight is 243 g/mol. The SMILES string of the molecule is CC(C)OC(=O)c1ccccc1S(N)(=O)=O. The number of hydrogen-bond acceptors (Lipinski definition) is 4. The Kier molecular flexibility index (Phi) is 3.66. The van der Waals surface area contributed by atoms with Gasteiger partial charge in [0.25, 0.3) is 0 Å². The molecule has 0 spiro atoms. The highest BCUT2D eigenvalue weighted by Gasteiger charge is 2.20. The average Bonchev–Trinajstić information content (AvgIpc) is 2.15. The zero-order valence-electron chi connectivity index (χ0n) is 9.01. The van der Waals surface area contributed by atoms with E-state index < -0.39 is 16.0 Å². The van der Waals surface area contributed by atoms with E-state index in [1.165, 1.54) is 18.2 Å². The van der Waals surface area contributed by atoms with E-state index in [-0.39, 0.29) is 16.6 Å². The highest BCUT2D eigenvalue weighted by atomic mass is 32.2. The van der Waals surface area contributed by atoms with Crippen molar-refractivity contribution in [2.45, 2.75) is 24.8 Å². The van der Waals surface area contributed by atoms with Crippen molar-refractivity contribution in [3.05, 3.63) is 29.8 Å². The van der Waals surface area contributed by atoms with Crippen LogP contribution in [0.25, 0.3) is 0 Å². The van der Waals surface area contributed by atoms with Crippen molar-refractivity contribution in [1.29, 1.82) is 0 Å². The minimum Gasteiger partial charge on any atom is -0.459 e. The van der Waals surface area contributed by atoms with Crippen molar-refractivity contribution in [2.24, 2.45) is 5.14 Å². The molecule has 0 radical (unpaired) electrons. The summed E-state index contributed by atoms with van der Waals surface area (Å²) in [6.45, 7) is 3.36. The molecule has 0 unspecified atom stereocenters. The van der Waals surface area contributed by atoms with Gasteiger partial charge >= 0.3 is 5.97 Å². The number of sulfonamides is 1. The summed E-state index contributed by atoms with van der Waals surface area (Å²) in [5.74, 6) is -0.695. The molecule has 88 valence electrons. The van der Waals surface area contributed by atoms with Crippen molar-refractivity contribution >= 4 is 16.0 Å². The number of hydrogen-bond donors (Lipinski definition) is 1. The molecule has 0 aliphatic carbocycles. The molecular weight excluding hydrogens is 230 g/mol. The van der Waals surface area contributed by atoms with E-state index >= 15 is 0 Å². The van der Waals surface area contributed by atoms with Gasteiger partial charge in [0.2, 0.25) is 10.0 Å². The maximum Gasteiger partial charge on any atom is 0.339 e. The molecule has 0 aliphatic rings. The number of rotatable bonds is 3. The van der Waals surface area contributed by atoms with Gasteiger partial charge in [0.05, 0.1) is 16.6 Å². The summed E-state index contributed by atoms with van der Waals surface area (Å²) in [4.78, 5) is 11.4. The van der Waals surface area contributed by atoms with Gasteiger partial charge < -0.3 is 4.74 Å². The third-order valence-corrected chi connectivity index (χ3v) is 2.73. The van der Waals surface area contributed by atoms with Crippen LogP contribution >= 0.6 is 0 Å². The van der Waals surface area contributed by atoms with E-state index in [9.17, 15) is 13.2 Å². The molecule has 0 bridgehead atoms. The maximum absolute atomic E-state index is 11.6. The number of benzene rings is 1. The zero-order chi connectivity index (χ0) is 12.3. The second kappa shape index (κ2) is 4.63. The third-order valence-electron chi connectivity index (χ3n) is 1.76. The normalized spacial score (nSPS) is 11.5. The largest absolute Gasteiger partial charge is 0.459 e. The van der Waals surface area contributed by atoms with Crippen LogP contribution in [-0.2, 0) is 14.8 Å². The molecule has 0 atom stereocenters. The second-order valence-electron chi connectivity index (χ2n) is 3.50. The van der Waals surface area contributed by atoms with Crippen LogP contribution in [-0.4, -0.2) is 20.5 Å². The topological polar surface area (TPSA) is 86.5 Å². The van der Waals surface area contributed by atoms with Gasteiger partial charge in [0.1, 0.15) is 0 Å². The molecule has 2 N–H and O–H groups in total. The van der Waals surface area contributed by atoms with Crippen LogP contribution in [0.4, 0.5) is 0 Å². The highest BCUT2D eigenvalue weighted by molar-refractivity contribution is 7.89. The van der Waals surface area contributed by atoms with Crippen LogP contribution in [0.15, 0.2) is 29.2 Å². The summed E-state index contributed by atoms with van der Waals surface area (Å²) in [6, 6.07) is 5.67. The van der Waals surface area contributed by atoms with Crippen molar-refractivity contribution in [3.63, 3.8) is 0 Å². The van der Waals surface area contributed by atoms with Crippen molar-refractivity contribution < 1.29 is 17.9 Å². The second-order valence-corrected chi connectivity index (χ2v) is 5.03. The van der Waals surface area contributed by atoms with Gasteiger partial charge in [-0.1, -0.05) is 12.1 Å². The lowest BCUT2D eigenvalue weighted by molar-refractivity contribution is 0.0373. The Morgan fingerprint density at radius 1 is 1.31 bits per heavy atom. The molecular formula is C10H13NO4S. The summed E-state index contributed by atoms with van der Waals surface area (Å²) in [5.41, 5.74) is -0.0429. The van der Waals surface area contributed by atoms with Gasteiger partial charge in [0, 0.05) is 0 Å². The number of nitrogens with two attached hydrogens (primary N) is 1. The Morgan fingerprint density at radius 2 is 1.88 bits per heavy atom. The molecule has 1 rings (SSSR count). The summed E-state index contributed by atoms with van der Waals surface area (Å²) in [5, 5.41) is 4.99. The number of esters is 1. The van der Waals surface area contributed by atoms with E-state index in [1.807, 2.05) is 0 Å². The van der Waals surface area contributed by atoms with Crippen molar-refractivity contribution in [3.8, 4) is 0 Å². The molecule has 0 saturated heterocycles. The smallest absolute Gasteiger partial charge is 0.339 e. The van der Waals surface area contributed by atoms with Crippen LogP contribution in [0.1, 0.15) is 24.2 Å². The first-order chi connectivity index (χ1) is 7.32. The third kappa shape index (κ3) is 3.04. The molecule has 0 heterocycles. The predicted octanol–water partition coefficient (Wildman–Crippen LogP) is 0.899. The molecule has 0 saturated carbocycles. The quantitative estimate of drug-likeness (QED) is 0.799. The first-order valence-corrected chi connectivity index (χ1v) is 6.20. The Balaban J connectivity index is 3.19. The van der Waals surface area contributed by atoms with E-state index in [2.05, 4.69) is 0 Å². The summed E-state index contributed by atoms with van der Waals surface area (Å²) in [6.07, 6.45) is -0.318. The zero-order valence-corrected chi connectivity index (χ0v) is 9.82. The molecule has 16 heavy (non-hydrogen) atoms. The maximum atomic E-state index is 11.6. The van der Waals surface area contributed by atoms with E-state index in [0.29, 0.717) is 0 Å². The van der Waals surface area contributed by atoms with Crippen LogP contribution < -0.4 is 5.14 Å². The first kappa shape index (κ1) is 12.7. The molecule has 0 aliphatic heterocycles. The molecule has 6 heteroatoms. The first-order valence-electron chi connectivity index (χ1n) is 4.65. The number of ether oxygens (including phenoxy) is 1. The lowest BCUT2D eigenvalue weighted by atomic mass is 10.2. The minimum absolute atomic E-state index is 0.0429. The summed E-state index contributed by atoms with van der Waals surface area (Å²) >= 11 is 0. The van der Waals surface area contributed by atoms with Crippen LogP contribution in [0.3, 0.4) is 0 Å². The predicted molar refractivity (Wildman–Crippen MR) is 58.4 cm³/mol. The van der Waals surface area contributed by atoms with Gasteiger partial charge in [0.15, 0.2) is 0 Å². The standard InChI is InChI=1S/C10H13NO4S/c1-7(2)15-10(12)8-5-3-4-6-9(8)16(11,13)14/h3-7H,1-2H3,(H2,11,13,14). The minimum atomic E-state index is -3.92.